The minimum absolute atomic E-state index is 0.0442. The molecule has 0 saturated carbocycles. The van der Waals surface area contributed by atoms with E-state index in [4.69, 9.17) is 0 Å². The monoisotopic (exact) mass is 313 g/mol. The lowest BCUT2D eigenvalue weighted by Gasteiger charge is -2.31. The van der Waals surface area contributed by atoms with E-state index >= 15 is 0 Å². The van der Waals surface area contributed by atoms with Crippen molar-refractivity contribution in [2.45, 2.75) is 32.5 Å². The summed E-state index contributed by atoms with van der Waals surface area (Å²) in [5.74, 6) is 0.0442. The Labute approximate surface area is 136 Å². The van der Waals surface area contributed by atoms with Crippen LogP contribution in [0, 0.1) is 6.92 Å². The predicted octanol–water partition coefficient (Wildman–Crippen LogP) is 1.56. The number of fused-ring (bicyclic) bond motifs is 1. The summed E-state index contributed by atoms with van der Waals surface area (Å²) in [5.41, 5.74) is 2.74. The molecule has 0 aliphatic carbocycles. The van der Waals surface area contributed by atoms with Gasteiger partial charge in [-0.05, 0) is 45.1 Å². The van der Waals surface area contributed by atoms with E-state index in [9.17, 15) is 4.79 Å². The zero-order chi connectivity index (χ0) is 16.4. The van der Waals surface area contributed by atoms with Crippen LogP contribution < -0.4 is 0 Å². The van der Waals surface area contributed by atoms with E-state index in [0.717, 1.165) is 30.8 Å². The summed E-state index contributed by atoms with van der Waals surface area (Å²) >= 11 is 0. The summed E-state index contributed by atoms with van der Waals surface area (Å²) in [6.07, 6.45) is 6.13. The predicted molar refractivity (Wildman–Crippen MR) is 88.0 cm³/mol. The van der Waals surface area contributed by atoms with Crippen LogP contribution in [0.25, 0.3) is 0 Å². The molecule has 1 aliphatic heterocycles. The molecule has 2 aromatic rings. The topological polar surface area (TPSA) is 54.3 Å². The van der Waals surface area contributed by atoms with E-state index in [2.05, 4.69) is 15.0 Å². The molecule has 0 radical (unpaired) electrons. The van der Waals surface area contributed by atoms with Crippen LogP contribution in [0.4, 0.5) is 0 Å². The van der Waals surface area contributed by atoms with E-state index in [-0.39, 0.29) is 11.9 Å². The van der Waals surface area contributed by atoms with Crippen molar-refractivity contribution in [1.82, 2.24) is 24.6 Å². The molecule has 0 spiro atoms. The maximum atomic E-state index is 13.1. The zero-order valence-corrected chi connectivity index (χ0v) is 13.9. The van der Waals surface area contributed by atoms with Crippen LogP contribution in [-0.4, -0.2) is 57.2 Å². The smallest absolute Gasteiger partial charge is 0.256 e. The Balaban J connectivity index is 1.91. The minimum Gasteiger partial charge on any atom is -0.328 e. The zero-order valence-electron chi connectivity index (χ0n) is 13.9. The van der Waals surface area contributed by atoms with E-state index in [0.29, 0.717) is 12.1 Å². The van der Waals surface area contributed by atoms with Crippen molar-refractivity contribution in [3.05, 3.63) is 47.5 Å². The van der Waals surface area contributed by atoms with E-state index in [1.165, 1.54) is 0 Å². The molecular weight excluding hydrogens is 290 g/mol. The second kappa shape index (κ2) is 6.50. The average Bonchev–Trinajstić information content (AvgIpc) is 2.89. The van der Waals surface area contributed by atoms with Gasteiger partial charge in [-0.2, -0.15) is 5.10 Å². The van der Waals surface area contributed by atoms with E-state index < -0.39 is 0 Å². The van der Waals surface area contributed by atoms with Crippen molar-refractivity contribution in [1.29, 1.82) is 0 Å². The van der Waals surface area contributed by atoms with Crippen molar-refractivity contribution < 1.29 is 4.79 Å². The Morgan fingerprint density at radius 3 is 2.96 bits per heavy atom. The van der Waals surface area contributed by atoms with E-state index in [1.807, 2.05) is 42.7 Å². The quantitative estimate of drug-likeness (QED) is 0.863. The number of rotatable bonds is 3. The first-order chi connectivity index (χ1) is 11.0. The highest BCUT2D eigenvalue weighted by atomic mass is 16.2. The Hall–Kier alpha value is -2.21. The lowest BCUT2D eigenvalue weighted by atomic mass is 10.1. The molecule has 3 heterocycles. The number of likely N-dealkylation sites (N-methyl/N-ethyl adjacent to an activating group) is 1. The average molecular weight is 313 g/mol. The molecule has 1 atom stereocenters. The summed E-state index contributed by atoms with van der Waals surface area (Å²) in [4.78, 5) is 21.3. The molecule has 0 N–H and O–H groups in total. The second-order valence-corrected chi connectivity index (χ2v) is 6.43. The molecule has 1 unspecified atom stereocenters. The van der Waals surface area contributed by atoms with Gasteiger partial charge in [-0.1, -0.05) is 0 Å². The summed E-state index contributed by atoms with van der Waals surface area (Å²) in [7, 11) is 4.08. The molecule has 0 aromatic carbocycles. The van der Waals surface area contributed by atoms with Crippen molar-refractivity contribution in [2.75, 3.05) is 20.6 Å². The van der Waals surface area contributed by atoms with Gasteiger partial charge in [0.15, 0.2) is 0 Å². The molecule has 2 aromatic heterocycles. The Bertz CT molecular complexity index is 694. The molecule has 3 rings (SSSR count). The third-order valence-electron chi connectivity index (χ3n) is 4.21. The SMILES string of the molecule is Cc1cncc(C(=O)N2Cc3ccnn3CCC2CN(C)C)c1. The summed E-state index contributed by atoms with van der Waals surface area (Å²) in [6.45, 7) is 4.23. The lowest BCUT2D eigenvalue weighted by molar-refractivity contribution is 0.0626. The minimum atomic E-state index is 0.0442. The number of carbonyl (C=O) groups excluding carboxylic acids is 1. The van der Waals surface area contributed by atoms with Gasteiger partial charge in [0.25, 0.3) is 5.91 Å². The molecule has 0 fully saturated rings. The van der Waals surface area contributed by atoms with Crippen LogP contribution in [-0.2, 0) is 13.1 Å². The summed E-state index contributed by atoms with van der Waals surface area (Å²) in [6, 6.07) is 4.07. The van der Waals surface area contributed by atoms with Gasteiger partial charge in [0.1, 0.15) is 0 Å². The van der Waals surface area contributed by atoms with Crippen LogP contribution in [0.3, 0.4) is 0 Å². The first-order valence-corrected chi connectivity index (χ1v) is 7.92. The van der Waals surface area contributed by atoms with Gasteiger partial charge >= 0.3 is 0 Å². The number of aryl methyl sites for hydroxylation is 2. The number of nitrogens with zero attached hydrogens (tertiary/aromatic N) is 5. The van der Waals surface area contributed by atoms with Gasteiger partial charge in [0.2, 0.25) is 0 Å². The highest BCUT2D eigenvalue weighted by Crippen LogP contribution is 2.20. The number of aromatic nitrogens is 3. The van der Waals surface area contributed by atoms with Gasteiger partial charge in [-0.25, -0.2) is 0 Å². The maximum Gasteiger partial charge on any atom is 0.256 e. The van der Waals surface area contributed by atoms with E-state index in [1.54, 1.807) is 18.6 Å². The summed E-state index contributed by atoms with van der Waals surface area (Å²) in [5, 5.41) is 4.36. The van der Waals surface area contributed by atoms with Crippen molar-refractivity contribution in [3.63, 3.8) is 0 Å². The fraction of sp³-hybridized carbons (Fsp3) is 0.471. The molecule has 1 amide bonds. The van der Waals surface area contributed by atoms with Crippen molar-refractivity contribution in [3.8, 4) is 0 Å². The molecule has 122 valence electrons. The third-order valence-corrected chi connectivity index (χ3v) is 4.21. The van der Waals surface area contributed by atoms with Crippen LogP contribution in [0.15, 0.2) is 30.7 Å². The number of carbonyl (C=O) groups is 1. The third kappa shape index (κ3) is 3.42. The van der Waals surface area contributed by atoms with Gasteiger partial charge in [0.05, 0.1) is 17.8 Å². The molecule has 0 saturated heterocycles. The Kier molecular flexibility index (Phi) is 4.43. The fourth-order valence-electron chi connectivity index (χ4n) is 3.11. The second-order valence-electron chi connectivity index (χ2n) is 6.43. The maximum absolute atomic E-state index is 13.1. The van der Waals surface area contributed by atoms with Gasteiger partial charge in [-0.3, -0.25) is 14.5 Å². The van der Waals surface area contributed by atoms with Crippen LogP contribution >= 0.6 is 0 Å². The highest BCUT2D eigenvalue weighted by molar-refractivity contribution is 5.94. The number of hydrogen-bond acceptors (Lipinski definition) is 4. The molecule has 6 heteroatoms. The highest BCUT2D eigenvalue weighted by Gasteiger charge is 2.29. The van der Waals surface area contributed by atoms with Gasteiger partial charge in [0, 0.05) is 37.7 Å². The number of pyridine rings is 1. The van der Waals surface area contributed by atoms with Crippen LogP contribution in [0.1, 0.15) is 28.0 Å². The number of amides is 1. The fourth-order valence-corrected chi connectivity index (χ4v) is 3.11. The lowest BCUT2D eigenvalue weighted by Crippen LogP contribution is -2.44. The number of hydrogen-bond donors (Lipinski definition) is 0. The van der Waals surface area contributed by atoms with Gasteiger partial charge in [-0.15, -0.1) is 0 Å². The first-order valence-electron chi connectivity index (χ1n) is 7.92. The normalized spacial score (nSPS) is 17.9. The Morgan fingerprint density at radius 1 is 1.39 bits per heavy atom. The molecule has 1 aliphatic rings. The molecule has 0 bridgehead atoms. The molecule has 23 heavy (non-hydrogen) atoms. The van der Waals surface area contributed by atoms with Crippen molar-refractivity contribution >= 4 is 5.91 Å². The first kappa shape index (κ1) is 15.7. The van der Waals surface area contributed by atoms with Crippen LogP contribution in [0.5, 0.6) is 0 Å². The summed E-state index contributed by atoms with van der Waals surface area (Å²) < 4.78 is 2.00. The molecule has 6 nitrogen and oxygen atoms in total. The standard InChI is InChI=1S/C17H23N5O/c1-13-8-14(10-18-9-13)17(23)21-12-16-4-6-19-22(16)7-5-15(21)11-20(2)3/h4,6,8-10,15H,5,7,11-12H2,1-3H3. The Morgan fingerprint density at radius 2 is 2.22 bits per heavy atom. The largest absolute Gasteiger partial charge is 0.328 e. The van der Waals surface area contributed by atoms with Crippen LogP contribution in [0.2, 0.25) is 0 Å². The van der Waals surface area contributed by atoms with Crippen molar-refractivity contribution in [2.24, 2.45) is 0 Å². The molecular formula is C17H23N5O. The van der Waals surface area contributed by atoms with Gasteiger partial charge < -0.3 is 9.80 Å².